The SMILES string of the molecule is CCCCc1ccc(CCc2ccc(-c3ccc(N=C=S)cc3F)cc2)cc1. The number of aliphatic imine (C=N–C) groups is 1. The Bertz CT molecular complexity index is 955. The standard InChI is InChI=1S/C25H24FNS/c1-2-3-4-19-5-7-20(8-6-19)9-10-21-11-13-22(14-12-21)24-16-15-23(27-18-28)17-25(24)26/h5-8,11-17H,2-4,9-10H2,1H3. The molecule has 0 N–H and O–H groups in total. The van der Waals surface area contributed by atoms with Crippen LogP contribution < -0.4 is 0 Å². The molecule has 3 aromatic carbocycles. The number of unbranched alkanes of at least 4 members (excludes halogenated alkanes) is 1. The summed E-state index contributed by atoms with van der Waals surface area (Å²) in [5, 5.41) is 2.26. The van der Waals surface area contributed by atoms with Crippen molar-refractivity contribution in [2.45, 2.75) is 39.0 Å². The summed E-state index contributed by atoms with van der Waals surface area (Å²) in [6.45, 7) is 2.22. The van der Waals surface area contributed by atoms with Crippen LogP contribution in [0.25, 0.3) is 11.1 Å². The van der Waals surface area contributed by atoms with E-state index < -0.39 is 0 Å². The van der Waals surface area contributed by atoms with Gasteiger partial charge in [-0.3, -0.25) is 0 Å². The van der Waals surface area contributed by atoms with E-state index in [2.05, 4.69) is 65.7 Å². The molecule has 1 nitrogen and oxygen atoms in total. The Kier molecular flexibility index (Phi) is 7.25. The van der Waals surface area contributed by atoms with Gasteiger partial charge in [-0.05, 0) is 72.3 Å². The number of rotatable bonds is 8. The Morgan fingerprint density at radius 1 is 0.821 bits per heavy atom. The van der Waals surface area contributed by atoms with E-state index in [0.29, 0.717) is 11.3 Å². The Morgan fingerprint density at radius 3 is 1.93 bits per heavy atom. The van der Waals surface area contributed by atoms with Gasteiger partial charge in [0.1, 0.15) is 5.82 Å². The summed E-state index contributed by atoms with van der Waals surface area (Å²) in [6, 6.07) is 21.9. The quantitative estimate of drug-likeness (QED) is 0.290. The molecule has 0 heterocycles. The zero-order valence-electron chi connectivity index (χ0n) is 16.1. The molecule has 0 bridgehead atoms. The molecule has 0 fully saturated rings. The highest BCUT2D eigenvalue weighted by Crippen LogP contribution is 2.27. The summed E-state index contributed by atoms with van der Waals surface area (Å²) >= 11 is 4.56. The van der Waals surface area contributed by atoms with Crippen molar-refractivity contribution in [3.63, 3.8) is 0 Å². The molecule has 0 aliphatic heterocycles. The Morgan fingerprint density at radius 2 is 1.39 bits per heavy atom. The lowest BCUT2D eigenvalue weighted by atomic mass is 9.99. The first-order valence-corrected chi connectivity index (χ1v) is 10.1. The summed E-state index contributed by atoms with van der Waals surface area (Å²) in [5.41, 5.74) is 5.93. The molecule has 0 saturated carbocycles. The summed E-state index contributed by atoms with van der Waals surface area (Å²) in [6.07, 6.45) is 5.61. The molecule has 0 spiro atoms. The second-order valence-electron chi connectivity index (χ2n) is 6.98. The molecular weight excluding hydrogens is 365 g/mol. The van der Waals surface area contributed by atoms with Gasteiger partial charge in [-0.25, -0.2) is 4.39 Å². The molecule has 0 atom stereocenters. The van der Waals surface area contributed by atoms with Crippen LogP contribution in [0.2, 0.25) is 0 Å². The van der Waals surface area contributed by atoms with Crippen LogP contribution in [0, 0.1) is 5.82 Å². The molecule has 0 amide bonds. The molecule has 3 aromatic rings. The number of thiocarbonyl (C=S) groups is 1. The van der Waals surface area contributed by atoms with Gasteiger partial charge < -0.3 is 0 Å². The molecule has 0 saturated heterocycles. The van der Waals surface area contributed by atoms with Gasteiger partial charge in [-0.15, -0.1) is 0 Å². The Labute approximate surface area is 172 Å². The van der Waals surface area contributed by atoms with Gasteiger partial charge in [0.15, 0.2) is 0 Å². The van der Waals surface area contributed by atoms with Crippen LogP contribution in [0.3, 0.4) is 0 Å². The van der Waals surface area contributed by atoms with Crippen molar-refractivity contribution in [3.05, 3.63) is 89.2 Å². The third-order valence-electron chi connectivity index (χ3n) is 4.94. The van der Waals surface area contributed by atoms with E-state index in [1.54, 1.807) is 12.1 Å². The third-order valence-corrected chi connectivity index (χ3v) is 5.03. The minimum atomic E-state index is -0.303. The van der Waals surface area contributed by atoms with E-state index in [1.807, 2.05) is 12.1 Å². The topological polar surface area (TPSA) is 12.4 Å². The van der Waals surface area contributed by atoms with E-state index >= 15 is 0 Å². The Hall–Kier alpha value is -2.61. The van der Waals surface area contributed by atoms with Crippen LogP contribution in [-0.4, -0.2) is 5.16 Å². The lowest BCUT2D eigenvalue weighted by molar-refractivity contribution is 0.631. The van der Waals surface area contributed by atoms with E-state index in [-0.39, 0.29) is 5.82 Å². The maximum absolute atomic E-state index is 14.3. The number of hydrogen-bond donors (Lipinski definition) is 0. The fourth-order valence-corrected chi connectivity index (χ4v) is 3.36. The molecule has 3 rings (SSSR count). The molecule has 142 valence electrons. The van der Waals surface area contributed by atoms with Gasteiger partial charge in [0, 0.05) is 11.6 Å². The zero-order chi connectivity index (χ0) is 19.8. The summed E-state index contributed by atoms with van der Waals surface area (Å²) < 4.78 is 14.3. The van der Waals surface area contributed by atoms with E-state index in [0.717, 1.165) is 24.8 Å². The predicted octanol–water partition coefficient (Wildman–Crippen LogP) is 7.35. The number of nitrogens with zero attached hydrogens (tertiary/aromatic N) is 1. The van der Waals surface area contributed by atoms with E-state index in [9.17, 15) is 4.39 Å². The molecule has 0 aliphatic carbocycles. The number of halogens is 1. The second-order valence-corrected chi connectivity index (χ2v) is 7.17. The molecule has 0 unspecified atom stereocenters. The van der Waals surface area contributed by atoms with Crippen molar-refractivity contribution in [2.75, 3.05) is 0 Å². The number of isothiocyanates is 1. The summed E-state index contributed by atoms with van der Waals surface area (Å²) in [7, 11) is 0. The lowest BCUT2D eigenvalue weighted by Gasteiger charge is -2.07. The van der Waals surface area contributed by atoms with Crippen LogP contribution in [0.1, 0.15) is 36.5 Å². The first-order chi connectivity index (χ1) is 13.7. The van der Waals surface area contributed by atoms with Crippen LogP contribution in [0.15, 0.2) is 71.7 Å². The Balaban J connectivity index is 1.62. The first kappa shape index (κ1) is 20.1. The summed E-state index contributed by atoms with van der Waals surface area (Å²) in [4.78, 5) is 3.81. The minimum absolute atomic E-state index is 0.303. The smallest absolute Gasteiger partial charge is 0.133 e. The van der Waals surface area contributed by atoms with Crippen molar-refractivity contribution in [2.24, 2.45) is 4.99 Å². The average molecular weight is 390 g/mol. The second kappa shape index (κ2) is 10.1. The number of aryl methyl sites for hydroxylation is 3. The number of benzene rings is 3. The van der Waals surface area contributed by atoms with Gasteiger partial charge in [-0.2, -0.15) is 4.99 Å². The van der Waals surface area contributed by atoms with Gasteiger partial charge >= 0.3 is 0 Å². The first-order valence-electron chi connectivity index (χ1n) is 9.74. The van der Waals surface area contributed by atoms with Gasteiger partial charge in [0.25, 0.3) is 0 Å². The van der Waals surface area contributed by atoms with Crippen molar-refractivity contribution in [3.8, 4) is 11.1 Å². The van der Waals surface area contributed by atoms with Gasteiger partial charge in [0.05, 0.1) is 10.8 Å². The molecule has 3 heteroatoms. The molecule has 0 aromatic heterocycles. The van der Waals surface area contributed by atoms with E-state index in [4.69, 9.17) is 0 Å². The number of hydrogen-bond acceptors (Lipinski definition) is 2. The maximum atomic E-state index is 14.3. The van der Waals surface area contributed by atoms with Gasteiger partial charge in [-0.1, -0.05) is 61.9 Å². The van der Waals surface area contributed by atoms with Crippen molar-refractivity contribution in [1.29, 1.82) is 0 Å². The lowest BCUT2D eigenvalue weighted by Crippen LogP contribution is -1.93. The van der Waals surface area contributed by atoms with Crippen molar-refractivity contribution >= 4 is 23.1 Å². The van der Waals surface area contributed by atoms with Crippen LogP contribution in [0.4, 0.5) is 10.1 Å². The van der Waals surface area contributed by atoms with Crippen LogP contribution in [-0.2, 0) is 19.3 Å². The molecule has 0 radical (unpaired) electrons. The van der Waals surface area contributed by atoms with E-state index in [1.165, 1.54) is 35.6 Å². The van der Waals surface area contributed by atoms with Crippen LogP contribution in [0.5, 0.6) is 0 Å². The third kappa shape index (κ3) is 5.45. The monoisotopic (exact) mass is 389 g/mol. The minimum Gasteiger partial charge on any atom is -0.206 e. The van der Waals surface area contributed by atoms with Gasteiger partial charge in [0.2, 0.25) is 0 Å². The molecule has 0 aliphatic rings. The highest BCUT2D eigenvalue weighted by molar-refractivity contribution is 7.78. The summed E-state index contributed by atoms with van der Waals surface area (Å²) in [5.74, 6) is -0.303. The van der Waals surface area contributed by atoms with Crippen molar-refractivity contribution in [1.82, 2.24) is 0 Å². The molecular formula is C25H24FNS. The predicted molar refractivity (Wildman–Crippen MR) is 119 cm³/mol. The highest BCUT2D eigenvalue weighted by atomic mass is 32.1. The van der Waals surface area contributed by atoms with Crippen LogP contribution >= 0.6 is 12.2 Å². The zero-order valence-corrected chi connectivity index (χ0v) is 16.9. The van der Waals surface area contributed by atoms with Crippen molar-refractivity contribution < 1.29 is 4.39 Å². The maximum Gasteiger partial charge on any atom is 0.133 e. The average Bonchev–Trinajstić information content (AvgIpc) is 2.72. The fraction of sp³-hybridized carbons (Fsp3) is 0.240. The fourth-order valence-electron chi connectivity index (χ4n) is 3.25. The largest absolute Gasteiger partial charge is 0.206 e. The molecule has 28 heavy (non-hydrogen) atoms. The highest BCUT2D eigenvalue weighted by Gasteiger charge is 2.06. The normalized spacial score (nSPS) is 10.5.